The van der Waals surface area contributed by atoms with Crippen LogP contribution in [0.2, 0.25) is 5.02 Å². The smallest absolute Gasteiger partial charge is 0.304 e. The molecule has 5 heteroatoms. The Morgan fingerprint density at radius 2 is 2.20 bits per heavy atom. The van der Waals surface area contributed by atoms with Crippen molar-refractivity contribution in [3.05, 3.63) is 33.7 Å². The first-order valence-corrected chi connectivity index (χ1v) is 7.58. The van der Waals surface area contributed by atoms with E-state index in [0.717, 1.165) is 37.0 Å². The van der Waals surface area contributed by atoms with Gasteiger partial charge in [0.25, 0.3) is 0 Å². The summed E-state index contributed by atoms with van der Waals surface area (Å²) in [6.45, 7) is 6.46. The Balaban J connectivity index is 2.04. The van der Waals surface area contributed by atoms with Crippen LogP contribution in [0.25, 0.3) is 11.0 Å². The van der Waals surface area contributed by atoms with Gasteiger partial charge in [0.2, 0.25) is 0 Å². The number of H-pyrrole nitrogens is 1. The predicted molar refractivity (Wildman–Crippen MR) is 82.5 cm³/mol. The summed E-state index contributed by atoms with van der Waals surface area (Å²) in [4.78, 5) is 17.6. The van der Waals surface area contributed by atoms with Gasteiger partial charge in [0, 0.05) is 12.6 Å². The molecule has 0 aliphatic carbocycles. The van der Waals surface area contributed by atoms with E-state index >= 15 is 0 Å². The van der Waals surface area contributed by atoms with Crippen LogP contribution in [0.4, 0.5) is 0 Å². The maximum absolute atomic E-state index is 12.3. The van der Waals surface area contributed by atoms with Crippen LogP contribution in [0.5, 0.6) is 0 Å². The van der Waals surface area contributed by atoms with Crippen molar-refractivity contribution in [1.82, 2.24) is 14.5 Å². The molecule has 1 aromatic heterocycles. The zero-order valence-electron chi connectivity index (χ0n) is 11.9. The predicted octanol–water partition coefficient (Wildman–Crippen LogP) is 3.03. The molecule has 3 rings (SSSR count). The second kappa shape index (κ2) is 5.26. The number of rotatable bonds is 2. The summed E-state index contributed by atoms with van der Waals surface area (Å²) in [5, 5.41) is 0.606. The van der Waals surface area contributed by atoms with Gasteiger partial charge in [-0.1, -0.05) is 17.7 Å². The molecule has 1 unspecified atom stereocenters. The van der Waals surface area contributed by atoms with Crippen molar-refractivity contribution < 1.29 is 0 Å². The maximum atomic E-state index is 12.3. The summed E-state index contributed by atoms with van der Waals surface area (Å²) in [5.74, 6) is 0. The van der Waals surface area contributed by atoms with Crippen molar-refractivity contribution in [1.29, 1.82) is 0 Å². The Bertz CT molecular complexity index is 673. The Morgan fingerprint density at radius 3 is 2.95 bits per heavy atom. The standard InChI is InChI=1S/C15H20ClN3O/c1-10(2)18-8-4-5-11(9-18)19-13-7-3-6-12(16)14(13)17-15(19)20/h3,6-7,10-11H,4-5,8-9H2,1-2H3,(H,17,20). The molecule has 0 amide bonds. The number of hydrogen-bond donors (Lipinski definition) is 1. The molecule has 0 saturated carbocycles. The molecule has 20 heavy (non-hydrogen) atoms. The molecular weight excluding hydrogens is 274 g/mol. The second-order valence-electron chi connectivity index (χ2n) is 5.82. The number of piperidine rings is 1. The molecule has 108 valence electrons. The number of likely N-dealkylation sites (tertiary alicyclic amines) is 1. The van der Waals surface area contributed by atoms with Crippen LogP contribution in [0.3, 0.4) is 0 Å². The summed E-state index contributed by atoms with van der Waals surface area (Å²) in [7, 11) is 0. The van der Waals surface area contributed by atoms with E-state index in [4.69, 9.17) is 11.6 Å². The summed E-state index contributed by atoms with van der Waals surface area (Å²) in [6, 6.07) is 6.42. The largest absolute Gasteiger partial charge is 0.326 e. The molecule has 0 spiro atoms. The van der Waals surface area contributed by atoms with Gasteiger partial charge in [-0.15, -0.1) is 0 Å². The third-order valence-corrected chi connectivity index (χ3v) is 4.54. The molecule has 0 bridgehead atoms. The van der Waals surface area contributed by atoms with Gasteiger partial charge in [-0.05, 0) is 45.4 Å². The monoisotopic (exact) mass is 293 g/mol. The number of nitrogens with one attached hydrogen (secondary N) is 1. The quantitative estimate of drug-likeness (QED) is 0.925. The minimum atomic E-state index is -0.0521. The number of para-hydroxylation sites is 1. The van der Waals surface area contributed by atoms with Gasteiger partial charge in [-0.25, -0.2) is 4.79 Å². The van der Waals surface area contributed by atoms with Gasteiger partial charge in [0.15, 0.2) is 0 Å². The molecule has 4 nitrogen and oxygen atoms in total. The Kier molecular flexibility index (Phi) is 3.61. The average Bonchev–Trinajstić information content (AvgIpc) is 2.77. The number of nitrogens with zero attached hydrogens (tertiary/aromatic N) is 2. The molecule has 2 aromatic rings. The topological polar surface area (TPSA) is 41.0 Å². The normalized spacial score (nSPS) is 20.9. The Morgan fingerprint density at radius 1 is 1.40 bits per heavy atom. The highest BCUT2D eigenvalue weighted by Gasteiger charge is 2.25. The highest BCUT2D eigenvalue weighted by atomic mass is 35.5. The molecule has 1 aromatic carbocycles. The first-order valence-electron chi connectivity index (χ1n) is 7.20. The van der Waals surface area contributed by atoms with E-state index in [9.17, 15) is 4.79 Å². The van der Waals surface area contributed by atoms with Crippen LogP contribution in [-0.4, -0.2) is 33.6 Å². The van der Waals surface area contributed by atoms with Crippen molar-refractivity contribution in [2.75, 3.05) is 13.1 Å². The highest BCUT2D eigenvalue weighted by Crippen LogP contribution is 2.27. The van der Waals surface area contributed by atoms with E-state index in [1.165, 1.54) is 0 Å². The fourth-order valence-corrected chi connectivity index (χ4v) is 3.36. The third kappa shape index (κ3) is 2.27. The highest BCUT2D eigenvalue weighted by molar-refractivity contribution is 6.34. The van der Waals surface area contributed by atoms with Crippen LogP contribution >= 0.6 is 11.6 Å². The first-order chi connectivity index (χ1) is 9.58. The minimum absolute atomic E-state index is 0.0521. The van der Waals surface area contributed by atoms with Crippen LogP contribution < -0.4 is 5.69 Å². The summed E-state index contributed by atoms with van der Waals surface area (Å²) >= 11 is 6.17. The third-order valence-electron chi connectivity index (χ3n) is 4.23. The lowest BCUT2D eigenvalue weighted by Gasteiger charge is -2.35. The number of benzene rings is 1. The number of imidazole rings is 1. The van der Waals surface area contributed by atoms with Crippen LogP contribution in [0.1, 0.15) is 32.7 Å². The molecule has 2 heterocycles. The van der Waals surface area contributed by atoms with E-state index < -0.39 is 0 Å². The lowest BCUT2D eigenvalue weighted by Crippen LogP contribution is -2.42. The lowest BCUT2D eigenvalue weighted by atomic mass is 10.0. The van der Waals surface area contributed by atoms with Crippen molar-refractivity contribution in [2.45, 2.75) is 38.8 Å². The fourth-order valence-electron chi connectivity index (χ4n) is 3.14. The Hall–Kier alpha value is -1.26. The molecule has 1 saturated heterocycles. The number of aromatic amines is 1. The Labute approximate surface area is 123 Å². The van der Waals surface area contributed by atoms with E-state index in [0.29, 0.717) is 11.1 Å². The molecule has 1 fully saturated rings. The van der Waals surface area contributed by atoms with E-state index in [1.54, 1.807) is 0 Å². The van der Waals surface area contributed by atoms with Gasteiger partial charge in [0.05, 0.1) is 22.1 Å². The van der Waals surface area contributed by atoms with Crippen molar-refractivity contribution in [3.8, 4) is 0 Å². The zero-order chi connectivity index (χ0) is 14.3. The van der Waals surface area contributed by atoms with Gasteiger partial charge >= 0.3 is 5.69 Å². The minimum Gasteiger partial charge on any atom is -0.304 e. The van der Waals surface area contributed by atoms with Gasteiger partial charge < -0.3 is 4.98 Å². The molecule has 1 aliphatic rings. The van der Waals surface area contributed by atoms with Crippen molar-refractivity contribution in [3.63, 3.8) is 0 Å². The van der Waals surface area contributed by atoms with Crippen molar-refractivity contribution in [2.24, 2.45) is 0 Å². The van der Waals surface area contributed by atoms with E-state index in [1.807, 2.05) is 22.8 Å². The molecule has 1 atom stereocenters. The van der Waals surface area contributed by atoms with Crippen LogP contribution in [0.15, 0.2) is 23.0 Å². The van der Waals surface area contributed by atoms with Crippen LogP contribution in [0, 0.1) is 0 Å². The number of hydrogen-bond acceptors (Lipinski definition) is 2. The van der Waals surface area contributed by atoms with Crippen molar-refractivity contribution >= 4 is 22.6 Å². The fraction of sp³-hybridized carbons (Fsp3) is 0.533. The SMILES string of the molecule is CC(C)N1CCCC(n2c(=O)[nH]c3c(Cl)cccc32)C1. The summed E-state index contributed by atoms with van der Waals surface area (Å²) < 4.78 is 1.88. The van der Waals surface area contributed by atoms with E-state index in [-0.39, 0.29) is 11.7 Å². The zero-order valence-corrected chi connectivity index (χ0v) is 12.7. The van der Waals surface area contributed by atoms with Gasteiger partial charge in [-0.3, -0.25) is 9.47 Å². The van der Waals surface area contributed by atoms with E-state index in [2.05, 4.69) is 23.7 Å². The van der Waals surface area contributed by atoms with Gasteiger partial charge in [-0.2, -0.15) is 0 Å². The molecule has 0 radical (unpaired) electrons. The second-order valence-corrected chi connectivity index (χ2v) is 6.23. The number of aromatic nitrogens is 2. The molecule has 1 N–H and O–H groups in total. The first kappa shape index (κ1) is 13.7. The summed E-state index contributed by atoms with van der Waals surface area (Å²) in [5.41, 5.74) is 1.61. The van der Waals surface area contributed by atoms with Gasteiger partial charge in [0.1, 0.15) is 0 Å². The number of fused-ring (bicyclic) bond motifs is 1. The average molecular weight is 294 g/mol. The summed E-state index contributed by atoms with van der Waals surface area (Å²) in [6.07, 6.45) is 2.17. The maximum Gasteiger partial charge on any atom is 0.326 e. The number of halogens is 1. The molecule has 1 aliphatic heterocycles. The van der Waals surface area contributed by atoms with Crippen LogP contribution in [-0.2, 0) is 0 Å². The molecular formula is C15H20ClN3O. The lowest BCUT2D eigenvalue weighted by molar-refractivity contribution is 0.143.